The molecule has 0 N–H and O–H groups in total. The average Bonchev–Trinajstić information content (AvgIpc) is 2.40. The van der Waals surface area contributed by atoms with Crippen LogP contribution in [0.3, 0.4) is 0 Å². The molecule has 0 atom stereocenters. The first kappa shape index (κ1) is 12.4. The lowest BCUT2D eigenvalue weighted by Gasteiger charge is -2.36. The van der Waals surface area contributed by atoms with E-state index in [1.54, 1.807) is 0 Å². The summed E-state index contributed by atoms with van der Waals surface area (Å²) in [6.07, 6.45) is 12.6. The fraction of sp³-hybridized carbons (Fsp3) is 0.857. The molecule has 0 aromatic rings. The van der Waals surface area contributed by atoms with Gasteiger partial charge in [0.1, 0.15) is 7.14 Å². The lowest BCUT2D eigenvalue weighted by atomic mass is 9.99. The topological polar surface area (TPSA) is 17.1 Å². The van der Waals surface area contributed by atoms with Crippen LogP contribution in [0, 0.1) is 0 Å². The van der Waals surface area contributed by atoms with Crippen LogP contribution in [-0.4, -0.2) is 11.3 Å². The molecule has 0 aliphatic heterocycles. The Kier molecular flexibility index (Phi) is 4.30. The second-order valence-corrected chi connectivity index (χ2v) is 8.88. The van der Waals surface area contributed by atoms with Gasteiger partial charge in [0.05, 0.1) is 0 Å². The number of hydrogen-bond donors (Lipinski definition) is 0. The summed E-state index contributed by atoms with van der Waals surface area (Å²) < 4.78 is 13.2. The third-order valence-electron chi connectivity index (χ3n) is 4.58. The third kappa shape index (κ3) is 2.45. The van der Waals surface area contributed by atoms with Crippen molar-refractivity contribution in [2.24, 2.45) is 0 Å². The van der Waals surface area contributed by atoms with Gasteiger partial charge in [-0.2, -0.15) is 0 Å². The second kappa shape index (κ2) is 5.54. The quantitative estimate of drug-likeness (QED) is 0.623. The molecule has 2 heteroatoms. The molecule has 0 heterocycles. The number of rotatable bonds is 3. The Balaban J connectivity index is 2.09. The fourth-order valence-corrected chi connectivity index (χ4v) is 7.10. The van der Waals surface area contributed by atoms with Crippen molar-refractivity contribution in [1.82, 2.24) is 0 Å². The van der Waals surface area contributed by atoms with Crippen molar-refractivity contribution < 1.29 is 4.57 Å². The van der Waals surface area contributed by atoms with E-state index >= 15 is 0 Å². The molecule has 2 rings (SSSR count). The Hall–Kier alpha value is -0.0300. The van der Waals surface area contributed by atoms with Crippen LogP contribution in [0.15, 0.2) is 12.4 Å². The number of hydrogen-bond acceptors (Lipinski definition) is 1. The summed E-state index contributed by atoms with van der Waals surface area (Å²) in [5.74, 6) is 1.87. The van der Waals surface area contributed by atoms with Crippen LogP contribution in [0.5, 0.6) is 0 Å². The van der Waals surface area contributed by atoms with E-state index in [0.29, 0.717) is 11.3 Å². The van der Waals surface area contributed by atoms with Crippen LogP contribution < -0.4 is 0 Å². The zero-order valence-corrected chi connectivity index (χ0v) is 11.3. The smallest absolute Gasteiger partial charge is 0.114 e. The molecule has 2 fully saturated rings. The molecule has 0 amide bonds. The van der Waals surface area contributed by atoms with Crippen molar-refractivity contribution in [3.8, 4) is 0 Å². The normalized spacial score (nSPS) is 25.5. The van der Waals surface area contributed by atoms with Crippen LogP contribution in [0.25, 0.3) is 0 Å². The molecule has 1 nitrogen and oxygen atoms in total. The van der Waals surface area contributed by atoms with Gasteiger partial charge in [0.15, 0.2) is 0 Å². The van der Waals surface area contributed by atoms with Crippen molar-refractivity contribution >= 4 is 7.14 Å². The highest BCUT2D eigenvalue weighted by molar-refractivity contribution is 7.68. The SMILES string of the molecule is C=CP(=O)(C1CCCCC1)C1CCCCC1. The van der Waals surface area contributed by atoms with Gasteiger partial charge in [-0.3, -0.25) is 0 Å². The van der Waals surface area contributed by atoms with E-state index in [9.17, 15) is 4.57 Å². The molecule has 2 saturated carbocycles. The van der Waals surface area contributed by atoms with E-state index in [1.165, 1.54) is 64.2 Å². The third-order valence-corrected chi connectivity index (χ3v) is 8.46. The molecule has 0 unspecified atom stereocenters. The van der Waals surface area contributed by atoms with Gasteiger partial charge in [0.2, 0.25) is 0 Å². The minimum Gasteiger partial charge on any atom is -0.319 e. The molecule has 2 aliphatic carbocycles. The second-order valence-electron chi connectivity index (χ2n) is 5.53. The van der Waals surface area contributed by atoms with Crippen molar-refractivity contribution in [2.45, 2.75) is 75.5 Å². The van der Waals surface area contributed by atoms with Crippen LogP contribution >= 0.6 is 7.14 Å². The van der Waals surface area contributed by atoms with Gasteiger partial charge < -0.3 is 4.57 Å². The monoisotopic (exact) mass is 240 g/mol. The van der Waals surface area contributed by atoms with E-state index in [1.807, 2.05) is 5.82 Å². The van der Waals surface area contributed by atoms with E-state index in [2.05, 4.69) is 6.58 Å². The standard InChI is InChI=1S/C14H25OP/c1-2-16(15,13-9-5-3-6-10-13)14-11-7-4-8-12-14/h2,13-14H,1,3-12H2. The van der Waals surface area contributed by atoms with Crippen molar-refractivity contribution in [3.63, 3.8) is 0 Å². The van der Waals surface area contributed by atoms with Gasteiger partial charge in [-0.15, -0.1) is 0 Å². The maximum absolute atomic E-state index is 13.2. The van der Waals surface area contributed by atoms with Gasteiger partial charge in [-0.1, -0.05) is 45.1 Å². The molecule has 0 spiro atoms. The van der Waals surface area contributed by atoms with Crippen LogP contribution in [0.4, 0.5) is 0 Å². The molecule has 0 aromatic carbocycles. The van der Waals surface area contributed by atoms with Crippen LogP contribution in [0.1, 0.15) is 64.2 Å². The molecule has 2 aliphatic rings. The fourth-order valence-electron chi connectivity index (χ4n) is 3.57. The molecule has 0 saturated heterocycles. The summed E-state index contributed by atoms with van der Waals surface area (Å²) in [7, 11) is -2.09. The van der Waals surface area contributed by atoms with E-state index in [0.717, 1.165) is 0 Å². The van der Waals surface area contributed by atoms with Crippen molar-refractivity contribution in [3.05, 3.63) is 12.4 Å². The molecule has 92 valence electrons. The Morgan fingerprint density at radius 1 is 0.812 bits per heavy atom. The van der Waals surface area contributed by atoms with Gasteiger partial charge in [-0.05, 0) is 31.5 Å². The maximum Gasteiger partial charge on any atom is 0.114 e. The van der Waals surface area contributed by atoms with Crippen molar-refractivity contribution in [2.75, 3.05) is 0 Å². The lowest BCUT2D eigenvalue weighted by Crippen LogP contribution is -2.22. The molecule has 16 heavy (non-hydrogen) atoms. The average molecular weight is 240 g/mol. The molecule has 0 aromatic heterocycles. The van der Waals surface area contributed by atoms with E-state index in [-0.39, 0.29) is 0 Å². The van der Waals surface area contributed by atoms with Gasteiger partial charge in [-0.25, -0.2) is 0 Å². The highest BCUT2D eigenvalue weighted by atomic mass is 31.2. The van der Waals surface area contributed by atoms with Gasteiger partial charge >= 0.3 is 0 Å². The summed E-state index contributed by atoms with van der Waals surface area (Å²) in [5, 5.41) is 0. The minimum atomic E-state index is -2.09. The summed E-state index contributed by atoms with van der Waals surface area (Å²) in [6.45, 7) is 3.92. The Labute approximate surface area is 100 Å². The molecule has 0 bridgehead atoms. The maximum atomic E-state index is 13.2. The summed E-state index contributed by atoms with van der Waals surface area (Å²) in [5.41, 5.74) is 0.976. The molecule has 0 radical (unpaired) electrons. The highest BCUT2D eigenvalue weighted by Crippen LogP contribution is 2.63. The largest absolute Gasteiger partial charge is 0.319 e. The van der Waals surface area contributed by atoms with Gasteiger partial charge in [0.25, 0.3) is 0 Å². The lowest BCUT2D eigenvalue weighted by molar-refractivity contribution is 0.452. The molecular weight excluding hydrogens is 215 g/mol. The first-order valence-electron chi connectivity index (χ1n) is 7.00. The highest BCUT2D eigenvalue weighted by Gasteiger charge is 2.38. The van der Waals surface area contributed by atoms with Crippen molar-refractivity contribution in [1.29, 1.82) is 0 Å². The zero-order chi connectivity index (χ0) is 11.4. The van der Waals surface area contributed by atoms with E-state index < -0.39 is 7.14 Å². The molecular formula is C14H25OP. The first-order valence-corrected chi connectivity index (χ1v) is 8.91. The first-order chi connectivity index (χ1) is 7.77. The summed E-state index contributed by atoms with van der Waals surface area (Å²) >= 11 is 0. The minimum absolute atomic E-state index is 0.488. The van der Waals surface area contributed by atoms with Crippen LogP contribution in [0.2, 0.25) is 0 Å². The Bertz CT molecular complexity index is 250. The summed E-state index contributed by atoms with van der Waals surface area (Å²) in [6, 6.07) is 0. The van der Waals surface area contributed by atoms with Crippen LogP contribution in [-0.2, 0) is 4.57 Å². The van der Waals surface area contributed by atoms with Gasteiger partial charge in [0, 0.05) is 11.3 Å². The van der Waals surface area contributed by atoms with E-state index in [4.69, 9.17) is 0 Å². The Morgan fingerprint density at radius 3 is 1.50 bits per heavy atom. The predicted octanol–water partition coefficient (Wildman–Crippen LogP) is 5.16. The summed E-state index contributed by atoms with van der Waals surface area (Å²) in [4.78, 5) is 0. The zero-order valence-electron chi connectivity index (χ0n) is 10.4. The Morgan fingerprint density at radius 2 is 1.19 bits per heavy atom. The predicted molar refractivity (Wildman–Crippen MR) is 71.5 cm³/mol.